The van der Waals surface area contributed by atoms with Gasteiger partial charge in [-0.25, -0.2) is 13.3 Å². The summed E-state index contributed by atoms with van der Waals surface area (Å²) in [5, 5.41) is 0.192. The third-order valence-corrected chi connectivity index (χ3v) is 9.14. The van der Waals surface area contributed by atoms with Gasteiger partial charge in [0.1, 0.15) is 11.3 Å². The highest BCUT2D eigenvalue weighted by molar-refractivity contribution is 7.92. The molecule has 0 unspecified atom stereocenters. The van der Waals surface area contributed by atoms with Crippen LogP contribution in [0.4, 0.5) is 11.4 Å². The van der Waals surface area contributed by atoms with Crippen molar-refractivity contribution in [1.82, 2.24) is 4.90 Å². The van der Waals surface area contributed by atoms with E-state index in [9.17, 15) is 13.2 Å². The van der Waals surface area contributed by atoms with Crippen LogP contribution in [0.1, 0.15) is 39.7 Å². The van der Waals surface area contributed by atoms with Gasteiger partial charge in [0.15, 0.2) is 14.9 Å². The molecule has 1 aliphatic rings. The number of carbonyl (C=O) groups excluding carboxylic acids is 1. The van der Waals surface area contributed by atoms with E-state index in [4.69, 9.17) is 35.1 Å². The molecule has 7 nitrogen and oxygen atoms in total. The zero-order valence-electron chi connectivity index (χ0n) is 20.3. The lowest BCUT2D eigenvalue weighted by atomic mass is 10.0. The van der Waals surface area contributed by atoms with Gasteiger partial charge in [-0.05, 0) is 89.2 Å². The van der Waals surface area contributed by atoms with Gasteiger partial charge >= 0.3 is 0 Å². The van der Waals surface area contributed by atoms with Crippen LogP contribution in [0, 0.1) is 13.5 Å². The minimum atomic E-state index is -3.33. The monoisotopic (exact) mass is 533 g/mol. The topological polar surface area (TPSA) is 71.3 Å². The lowest BCUT2D eigenvalue weighted by Gasteiger charge is -2.29. The maximum atomic E-state index is 13.3. The molecule has 1 fully saturated rings. The molecule has 0 bridgehead atoms. The van der Waals surface area contributed by atoms with Crippen LogP contribution in [0.3, 0.4) is 0 Å². The molecule has 1 heterocycles. The SMILES string of the molecule is [C-]#[N+]c1ccc(N2C(=O)C(C)(C)N(CCCOc3ccc(S(=O)(=O)C(C)C)cc3)C2=S)c(C)c1Cl. The van der Waals surface area contributed by atoms with Crippen molar-refractivity contribution in [3.8, 4) is 5.75 Å². The van der Waals surface area contributed by atoms with E-state index in [1.807, 2.05) is 18.7 Å². The number of nitrogens with zero attached hydrogens (tertiary/aromatic N) is 3. The predicted molar refractivity (Wildman–Crippen MR) is 142 cm³/mol. The van der Waals surface area contributed by atoms with Crippen LogP contribution in [0.5, 0.6) is 5.75 Å². The molecule has 35 heavy (non-hydrogen) atoms. The van der Waals surface area contributed by atoms with Crippen LogP contribution in [0.15, 0.2) is 41.3 Å². The van der Waals surface area contributed by atoms with Crippen molar-refractivity contribution < 1.29 is 17.9 Å². The molecule has 0 atom stereocenters. The number of thiocarbonyl (C=S) groups is 1. The van der Waals surface area contributed by atoms with E-state index in [-0.39, 0.29) is 10.8 Å². The Balaban J connectivity index is 1.67. The highest BCUT2D eigenvalue weighted by Crippen LogP contribution is 2.39. The number of benzene rings is 2. The van der Waals surface area contributed by atoms with E-state index in [1.165, 1.54) is 4.90 Å². The number of hydrogen-bond acceptors (Lipinski definition) is 5. The van der Waals surface area contributed by atoms with Crippen molar-refractivity contribution >= 4 is 56.1 Å². The summed E-state index contributed by atoms with van der Waals surface area (Å²) in [4.78, 5) is 20.3. The van der Waals surface area contributed by atoms with Crippen LogP contribution < -0.4 is 9.64 Å². The number of anilines is 1. The van der Waals surface area contributed by atoms with E-state index in [0.717, 1.165) is 0 Å². The second-order valence-electron chi connectivity index (χ2n) is 9.06. The molecule has 1 saturated heterocycles. The van der Waals surface area contributed by atoms with Gasteiger partial charge in [-0.15, -0.1) is 0 Å². The van der Waals surface area contributed by atoms with Crippen molar-refractivity contribution in [3.63, 3.8) is 0 Å². The van der Waals surface area contributed by atoms with Gasteiger partial charge in [0.2, 0.25) is 5.69 Å². The Hall–Kier alpha value is -2.67. The quantitative estimate of drug-likeness (QED) is 0.251. The van der Waals surface area contributed by atoms with Gasteiger partial charge in [-0.1, -0.05) is 17.7 Å². The third-order valence-electron chi connectivity index (χ3n) is 6.09. The first-order valence-corrected chi connectivity index (χ1v) is 13.5. The molecule has 10 heteroatoms. The first-order chi connectivity index (χ1) is 16.3. The second kappa shape index (κ2) is 10.1. The molecule has 2 aromatic rings. The Morgan fingerprint density at radius 2 is 1.80 bits per heavy atom. The summed E-state index contributed by atoms with van der Waals surface area (Å²) in [6, 6.07) is 9.67. The number of carbonyl (C=O) groups is 1. The molecule has 0 N–H and O–H groups in total. The molecule has 186 valence electrons. The number of halogens is 1. The van der Waals surface area contributed by atoms with Gasteiger partial charge in [0.25, 0.3) is 5.91 Å². The van der Waals surface area contributed by atoms with Gasteiger partial charge in [0.05, 0.1) is 34.0 Å². The highest BCUT2D eigenvalue weighted by atomic mass is 35.5. The standard InChI is InChI=1S/C25H28ClN3O4S2/c1-16(2)35(31,32)19-10-8-18(9-11-19)33-15-7-14-28-24(34)29(23(30)25(28,4)5)21-13-12-20(27-6)22(26)17(21)3/h8-13,16H,7,14-15H2,1-5H3. The Labute approximate surface area is 217 Å². The number of ether oxygens (including phenoxy) is 1. The summed E-state index contributed by atoms with van der Waals surface area (Å²) in [6.07, 6.45) is 0.590. The van der Waals surface area contributed by atoms with Gasteiger partial charge in [-0.3, -0.25) is 9.69 Å². The van der Waals surface area contributed by atoms with Crippen molar-refractivity contribution in [3.05, 3.63) is 58.4 Å². The Morgan fingerprint density at radius 3 is 2.37 bits per heavy atom. The molecule has 0 saturated carbocycles. The van der Waals surface area contributed by atoms with Crippen molar-refractivity contribution in [2.75, 3.05) is 18.1 Å². The summed E-state index contributed by atoms with van der Waals surface area (Å²) >= 11 is 12.0. The Morgan fingerprint density at radius 1 is 1.17 bits per heavy atom. The molecular weight excluding hydrogens is 506 g/mol. The predicted octanol–water partition coefficient (Wildman–Crippen LogP) is 5.56. The first-order valence-electron chi connectivity index (χ1n) is 11.1. The lowest BCUT2D eigenvalue weighted by Crippen LogP contribution is -2.44. The zero-order chi connectivity index (χ0) is 26.1. The minimum absolute atomic E-state index is 0.167. The molecule has 0 aromatic heterocycles. The molecule has 0 radical (unpaired) electrons. The third kappa shape index (κ3) is 5.01. The number of hydrogen-bond donors (Lipinski definition) is 0. The van der Waals surface area contributed by atoms with E-state index in [0.29, 0.717) is 52.4 Å². The summed E-state index contributed by atoms with van der Waals surface area (Å²) in [5.41, 5.74) is 0.662. The van der Waals surface area contributed by atoms with Crippen LogP contribution in [-0.4, -0.2) is 48.3 Å². The minimum Gasteiger partial charge on any atom is -0.494 e. The summed E-state index contributed by atoms with van der Waals surface area (Å²) < 4.78 is 30.3. The van der Waals surface area contributed by atoms with E-state index in [2.05, 4.69) is 4.85 Å². The van der Waals surface area contributed by atoms with E-state index < -0.39 is 20.6 Å². The molecule has 1 amide bonds. The number of amides is 1. The molecule has 0 aliphatic carbocycles. The van der Waals surface area contributed by atoms with Gasteiger partial charge in [0, 0.05) is 6.54 Å². The Bertz CT molecular complexity index is 1300. The summed E-state index contributed by atoms with van der Waals surface area (Å²) in [6.45, 7) is 16.8. The maximum absolute atomic E-state index is 13.3. The number of rotatable bonds is 8. The van der Waals surface area contributed by atoms with Crippen molar-refractivity contribution in [2.45, 2.75) is 56.7 Å². The molecule has 2 aromatic carbocycles. The summed E-state index contributed by atoms with van der Waals surface area (Å²) in [5.74, 6) is 0.402. The van der Waals surface area contributed by atoms with Crippen molar-refractivity contribution in [1.29, 1.82) is 0 Å². The average molecular weight is 534 g/mol. The van der Waals surface area contributed by atoms with Gasteiger partial charge < -0.3 is 9.64 Å². The van der Waals surface area contributed by atoms with Crippen LogP contribution in [0.25, 0.3) is 4.85 Å². The lowest BCUT2D eigenvalue weighted by molar-refractivity contribution is -0.123. The largest absolute Gasteiger partial charge is 0.494 e. The van der Waals surface area contributed by atoms with Crippen LogP contribution in [-0.2, 0) is 14.6 Å². The molecule has 3 rings (SSSR count). The highest BCUT2D eigenvalue weighted by Gasteiger charge is 2.49. The second-order valence-corrected chi connectivity index (χ2v) is 12.3. The van der Waals surface area contributed by atoms with E-state index >= 15 is 0 Å². The fourth-order valence-corrected chi connectivity index (χ4v) is 5.59. The van der Waals surface area contributed by atoms with Gasteiger partial charge in [-0.2, -0.15) is 0 Å². The average Bonchev–Trinajstić information content (AvgIpc) is 2.97. The van der Waals surface area contributed by atoms with Crippen molar-refractivity contribution in [2.24, 2.45) is 0 Å². The zero-order valence-corrected chi connectivity index (χ0v) is 22.7. The Kier molecular flexibility index (Phi) is 7.80. The number of sulfone groups is 1. The van der Waals surface area contributed by atoms with Crippen LogP contribution in [0.2, 0.25) is 5.02 Å². The fraction of sp³-hybridized carbons (Fsp3) is 0.400. The fourth-order valence-electron chi connectivity index (χ4n) is 3.82. The summed E-state index contributed by atoms with van der Waals surface area (Å²) in [7, 11) is -3.33. The molecule has 1 aliphatic heterocycles. The maximum Gasteiger partial charge on any atom is 0.258 e. The smallest absolute Gasteiger partial charge is 0.258 e. The molecule has 0 spiro atoms. The molecular formula is C25H28ClN3O4S2. The van der Waals surface area contributed by atoms with Crippen LogP contribution >= 0.6 is 23.8 Å². The normalized spacial score (nSPS) is 15.6. The van der Waals surface area contributed by atoms with E-state index in [1.54, 1.807) is 57.2 Å². The first kappa shape index (κ1) is 26.9.